The van der Waals surface area contributed by atoms with Crippen molar-refractivity contribution in [2.24, 2.45) is 11.8 Å². The van der Waals surface area contributed by atoms with E-state index in [4.69, 9.17) is 23.2 Å². The van der Waals surface area contributed by atoms with Crippen LogP contribution in [0.4, 0.5) is 0 Å². The van der Waals surface area contributed by atoms with Gasteiger partial charge in [0.05, 0.1) is 21.9 Å². The van der Waals surface area contributed by atoms with Gasteiger partial charge in [-0.15, -0.1) is 0 Å². The minimum atomic E-state index is -0.742. The number of allylic oxidation sites excluding steroid dienone is 2. The molecule has 7 nitrogen and oxygen atoms in total. The lowest BCUT2D eigenvalue weighted by Crippen LogP contribution is -2.48. The molecule has 1 aromatic rings. The van der Waals surface area contributed by atoms with Crippen LogP contribution in [0.1, 0.15) is 38.7 Å². The Morgan fingerprint density at radius 3 is 2.31 bits per heavy atom. The van der Waals surface area contributed by atoms with E-state index in [1.807, 2.05) is 12.2 Å². The molecule has 3 rings (SSSR count). The number of hydrogen-bond donors (Lipinski definition) is 1. The van der Waals surface area contributed by atoms with Gasteiger partial charge in [0.2, 0.25) is 23.6 Å². The Labute approximate surface area is 197 Å². The molecule has 0 bridgehead atoms. The quantitative estimate of drug-likeness (QED) is 0.458. The minimum Gasteiger partial charge on any atom is -0.355 e. The third-order valence-corrected chi connectivity index (χ3v) is 6.74. The maximum absolute atomic E-state index is 13.2. The molecule has 1 N–H and O–H groups in total. The summed E-state index contributed by atoms with van der Waals surface area (Å²) in [4.78, 5) is 53.6. The van der Waals surface area contributed by atoms with Crippen molar-refractivity contribution in [1.29, 1.82) is 0 Å². The van der Waals surface area contributed by atoms with Crippen molar-refractivity contribution in [2.45, 2.75) is 45.7 Å². The van der Waals surface area contributed by atoms with Crippen molar-refractivity contribution in [3.05, 3.63) is 46.0 Å². The Hall–Kier alpha value is -2.38. The number of nitrogens with zero attached hydrogens (tertiary/aromatic N) is 2. The number of likely N-dealkylation sites (tertiary alicyclic amines) is 1. The lowest BCUT2D eigenvalue weighted by Gasteiger charge is -2.29. The smallest absolute Gasteiger partial charge is 0.242 e. The highest BCUT2D eigenvalue weighted by molar-refractivity contribution is 6.42. The van der Waals surface area contributed by atoms with E-state index in [-0.39, 0.29) is 55.0 Å². The number of carbonyl (C=O) groups excluding carboxylic acids is 4. The Kier molecular flexibility index (Phi) is 7.96. The predicted octanol–water partition coefficient (Wildman–Crippen LogP) is 3.19. The molecule has 3 atom stereocenters. The summed E-state index contributed by atoms with van der Waals surface area (Å²) in [7, 11) is 0. The molecule has 0 unspecified atom stereocenters. The lowest BCUT2D eigenvalue weighted by molar-refractivity contribution is -0.143. The molecule has 0 saturated carbocycles. The summed E-state index contributed by atoms with van der Waals surface area (Å²) >= 11 is 12.1. The summed E-state index contributed by atoms with van der Waals surface area (Å²) in [5.74, 6) is -1.71. The number of hydrogen-bond acceptors (Lipinski definition) is 4. The van der Waals surface area contributed by atoms with Crippen LogP contribution in [-0.4, -0.2) is 52.6 Å². The number of carbonyl (C=O) groups is 4. The van der Waals surface area contributed by atoms with Crippen LogP contribution >= 0.6 is 23.2 Å². The van der Waals surface area contributed by atoms with Gasteiger partial charge in [-0.1, -0.05) is 41.4 Å². The number of likely N-dealkylation sites (N-methyl/N-ethyl adjacent to an activating group) is 1. The molecule has 2 aliphatic rings. The maximum atomic E-state index is 13.2. The number of nitrogens with one attached hydrogen (secondary N) is 1. The van der Waals surface area contributed by atoms with Gasteiger partial charge in [0.15, 0.2) is 0 Å². The van der Waals surface area contributed by atoms with Gasteiger partial charge in [-0.05, 0) is 44.4 Å². The largest absolute Gasteiger partial charge is 0.355 e. The zero-order valence-electron chi connectivity index (χ0n) is 18.1. The fourth-order valence-electron chi connectivity index (χ4n) is 4.18. The first-order valence-electron chi connectivity index (χ1n) is 10.8. The van der Waals surface area contributed by atoms with Crippen LogP contribution in [0.2, 0.25) is 10.0 Å². The second kappa shape index (κ2) is 10.5. The molecule has 1 fully saturated rings. The molecule has 172 valence electrons. The average Bonchev–Trinajstić information content (AvgIpc) is 3.02. The van der Waals surface area contributed by atoms with Crippen molar-refractivity contribution in [3.8, 4) is 0 Å². The topological polar surface area (TPSA) is 86.8 Å². The monoisotopic (exact) mass is 479 g/mol. The van der Waals surface area contributed by atoms with E-state index < -0.39 is 6.04 Å². The molecular weight excluding hydrogens is 453 g/mol. The van der Waals surface area contributed by atoms with Crippen LogP contribution in [0.3, 0.4) is 0 Å². The molecule has 0 radical (unpaired) electrons. The molecule has 9 heteroatoms. The number of benzene rings is 1. The van der Waals surface area contributed by atoms with Gasteiger partial charge in [-0.2, -0.15) is 0 Å². The van der Waals surface area contributed by atoms with Crippen LogP contribution in [0.15, 0.2) is 30.4 Å². The van der Waals surface area contributed by atoms with E-state index in [0.29, 0.717) is 35.0 Å². The molecule has 0 aromatic heterocycles. The van der Waals surface area contributed by atoms with Crippen molar-refractivity contribution in [2.75, 3.05) is 13.1 Å². The third kappa shape index (κ3) is 5.15. The Morgan fingerprint density at radius 2 is 1.75 bits per heavy atom. The molecule has 1 aliphatic carbocycles. The first-order chi connectivity index (χ1) is 15.2. The highest BCUT2D eigenvalue weighted by Gasteiger charge is 2.47. The maximum Gasteiger partial charge on any atom is 0.242 e. The van der Waals surface area contributed by atoms with E-state index in [2.05, 4.69) is 5.32 Å². The molecule has 4 amide bonds. The highest BCUT2D eigenvalue weighted by Crippen LogP contribution is 2.35. The third-order valence-electron chi connectivity index (χ3n) is 6.00. The van der Waals surface area contributed by atoms with Crippen LogP contribution < -0.4 is 5.32 Å². The van der Waals surface area contributed by atoms with Gasteiger partial charge in [0, 0.05) is 26.1 Å². The summed E-state index contributed by atoms with van der Waals surface area (Å²) in [6.07, 6.45) is 4.89. The van der Waals surface area contributed by atoms with Crippen molar-refractivity contribution >= 4 is 46.8 Å². The van der Waals surface area contributed by atoms with Crippen molar-refractivity contribution in [3.63, 3.8) is 0 Å². The normalized spacial score (nSPS) is 20.8. The van der Waals surface area contributed by atoms with Crippen LogP contribution in [0, 0.1) is 11.8 Å². The van der Waals surface area contributed by atoms with Crippen LogP contribution in [0.25, 0.3) is 0 Å². The second-order valence-electron chi connectivity index (χ2n) is 8.07. The molecule has 1 aromatic carbocycles. The highest BCUT2D eigenvalue weighted by atomic mass is 35.5. The van der Waals surface area contributed by atoms with Gasteiger partial charge in [-0.3, -0.25) is 24.1 Å². The lowest BCUT2D eigenvalue weighted by atomic mass is 9.85. The first kappa shape index (κ1) is 24.3. The summed E-state index contributed by atoms with van der Waals surface area (Å²) in [5, 5.41) is 3.48. The van der Waals surface area contributed by atoms with E-state index >= 15 is 0 Å². The molecule has 1 saturated heterocycles. The number of amides is 4. The Balaban J connectivity index is 1.73. The van der Waals surface area contributed by atoms with Gasteiger partial charge in [0.25, 0.3) is 0 Å². The predicted molar refractivity (Wildman–Crippen MR) is 122 cm³/mol. The van der Waals surface area contributed by atoms with Gasteiger partial charge < -0.3 is 10.2 Å². The molecule has 32 heavy (non-hydrogen) atoms. The fourth-order valence-corrected chi connectivity index (χ4v) is 4.50. The minimum absolute atomic E-state index is 0.00346. The van der Waals surface area contributed by atoms with E-state index in [0.717, 1.165) is 0 Å². The van der Waals surface area contributed by atoms with E-state index in [1.165, 1.54) is 9.80 Å². The Bertz CT molecular complexity index is 923. The molecule has 1 heterocycles. The number of halogens is 2. The number of fused-ring (bicyclic) bond motifs is 1. The first-order valence-corrected chi connectivity index (χ1v) is 11.5. The van der Waals surface area contributed by atoms with Crippen molar-refractivity contribution in [1.82, 2.24) is 15.1 Å². The summed E-state index contributed by atoms with van der Waals surface area (Å²) in [6.45, 7) is 4.03. The van der Waals surface area contributed by atoms with Crippen LogP contribution in [-0.2, 0) is 25.7 Å². The van der Waals surface area contributed by atoms with E-state index in [1.54, 1.807) is 32.0 Å². The number of rotatable bonds is 8. The average molecular weight is 480 g/mol. The SMILES string of the molecule is CCNC(=O)[C@@H](C)N(Cc1ccc(Cl)c(Cl)c1)C(=O)CCN1C(=O)[C@H]2CC=CC[C@H]2C1=O. The molecular formula is C23H27Cl2N3O4. The summed E-state index contributed by atoms with van der Waals surface area (Å²) in [5.41, 5.74) is 0.717. The zero-order chi connectivity index (χ0) is 23.4. The molecule has 1 aliphatic heterocycles. The van der Waals surface area contributed by atoms with Gasteiger partial charge >= 0.3 is 0 Å². The van der Waals surface area contributed by atoms with Gasteiger partial charge in [-0.25, -0.2) is 0 Å². The Morgan fingerprint density at radius 1 is 1.12 bits per heavy atom. The van der Waals surface area contributed by atoms with Gasteiger partial charge in [0.1, 0.15) is 6.04 Å². The number of imide groups is 1. The van der Waals surface area contributed by atoms with E-state index in [9.17, 15) is 19.2 Å². The summed E-state index contributed by atoms with van der Waals surface area (Å²) in [6, 6.07) is 4.29. The zero-order valence-corrected chi connectivity index (χ0v) is 19.7. The van der Waals surface area contributed by atoms with Crippen molar-refractivity contribution < 1.29 is 19.2 Å². The summed E-state index contributed by atoms with van der Waals surface area (Å²) < 4.78 is 0. The molecule has 0 spiro atoms. The fraction of sp³-hybridized carbons (Fsp3) is 0.478. The second-order valence-corrected chi connectivity index (χ2v) is 8.89. The standard InChI is InChI=1S/C23H27Cl2N3O4/c1-3-26-21(30)14(2)28(13-15-8-9-18(24)19(25)12-15)20(29)10-11-27-22(31)16-6-4-5-7-17(16)23(27)32/h4-5,8-9,12,14,16-17H,3,6-7,10-11,13H2,1-2H3,(H,26,30)/t14-,16-,17+/m1/s1. The van der Waals surface area contributed by atoms with Crippen LogP contribution in [0.5, 0.6) is 0 Å².